The first-order valence-electron chi connectivity index (χ1n) is 6.67. The maximum absolute atomic E-state index is 12.6. The van der Waals surface area contributed by atoms with Crippen LogP contribution >= 0.6 is 34.2 Å². The van der Waals surface area contributed by atoms with Crippen molar-refractivity contribution in [3.05, 3.63) is 68.8 Å². The van der Waals surface area contributed by atoms with Crippen molar-refractivity contribution in [3.63, 3.8) is 0 Å². The van der Waals surface area contributed by atoms with Crippen molar-refractivity contribution in [2.24, 2.45) is 0 Å². The lowest BCUT2D eigenvalue weighted by Crippen LogP contribution is -2.45. The fraction of sp³-hybridized carbons (Fsp3) is 0.235. The summed E-state index contributed by atoms with van der Waals surface area (Å²) in [5.74, 6) is 0.209. The molecular formula is C17H17ClINO. The van der Waals surface area contributed by atoms with Gasteiger partial charge in [0.15, 0.2) is 0 Å². The molecule has 0 aliphatic carbocycles. The standard InChI is InChI=1S/C17H17ClINO/c1-12-7-6-10-14(15(12)19)16(21)20-17(2,11-18)13-8-4-3-5-9-13/h3-10H,11H2,1-2H3,(H,20,21). The van der Waals surface area contributed by atoms with Crippen LogP contribution in [0.1, 0.15) is 28.4 Å². The molecule has 0 radical (unpaired) electrons. The van der Waals surface area contributed by atoms with Crippen molar-refractivity contribution in [3.8, 4) is 0 Å². The minimum atomic E-state index is -0.591. The number of rotatable bonds is 4. The van der Waals surface area contributed by atoms with E-state index in [0.717, 1.165) is 14.7 Å². The van der Waals surface area contributed by atoms with E-state index >= 15 is 0 Å². The molecule has 4 heteroatoms. The van der Waals surface area contributed by atoms with Crippen LogP contribution in [0.4, 0.5) is 0 Å². The first-order valence-corrected chi connectivity index (χ1v) is 8.28. The summed E-state index contributed by atoms with van der Waals surface area (Å²) in [5, 5.41) is 3.07. The molecule has 0 aromatic heterocycles. The quantitative estimate of drug-likeness (QED) is 0.581. The number of alkyl halides is 1. The average Bonchev–Trinajstić information content (AvgIpc) is 2.50. The van der Waals surface area contributed by atoms with E-state index in [1.54, 1.807) is 0 Å². The van der Waals surface area contributed by atoms with Gasteiger partial charge in [-0.2, -0.15) is 0 Å². The molecule has 21 heavy (non-hydrogen) atoms. The highest BCUT2D eigenvalue weighted by molar-refractivity contribution is 14.1. The van der Waals surface area contributed by atoms with Gasteiger partial charge >= 0.3 is 0 Å². The zero-order valence-electron chi connectivity index (χ0n) is 12.0. The first kappa shape index (κ1) is 16.3. The zero-order chi connectivity index (χ0) is 15.5. The summed E-state index contributed by atoms with van der Waals surface area (Å²) >= 11 is 8.33. The molecule has 2 aromatic rings. The van der Waals surface area contributed by atoms with Crippen molar-refractivity contribution in [2.45, 2.75) is 19.4 Å². The summed E-state index contributed by atoms with van der Waals surface area (Å²) in [6.45, 7) is 3.94. The SMILES string of the molecule is Cc1cccc(C(=O)NC(C)(CCl)c2ccccc2)c1I. The van der Waals surface area contributed by atoms with Crippen LogP contribution in [-0.2, 0) is 5.54 Å². The fourth-order valence-corrected chi connectivity index (χ4v) is 2.96. The Kier molecular flexibility index (Phi) is 5.27. The van der Waals surface area contributed by atoms with Crippen molar-refractivity contribution in [1.29, 1.82) is 0 Å². The molecule has 110 valence electrons. The maximum Gasteiger partial charge on any atom is 0.253 e. The third-order valence-corrected chi connectivity index (χ3v) is 5.47. The van der Waals surface area contributed by atoms with Gasteiger partial charge in [-0.05, 0) is 53.6 Å². The predicted molar refractivity (Wildman–Crippen MR) is 95.9 cm³/mol. The number of carbonyl (C=O) groups excluding carboxylic acids is 1. The number of benzene rings is 2. The highest BCUT2D eigenvalue weighted by Crippen LogP contribution is 2.24. The van der Waals surface area contributed by atoms with Crippen molar-refractivity contribution < 1.29 is 4.79 Å². The molecular weight excluding hydrogens is 397 g/mol. The van der Waals surface area contributed by atoms with Gasteiger partial charge in [-0.25, -0.2) is 0 Å². The van der Waals surface area contributed by atoms with E-state index in [2.05, 4.69) is 27.9 Å². The van der Waals surface area contributed by atoms with Crippen LogP contribution in [0.2, 0.25) is 0 Å². The summed E-state index contributed by atoms with van der Waals surface area (Å²) in [6, 6.07) is 15.5. The van der Waals surface area contributed by atoms with Gasteiger partial charge < -0.3 is 5.32 Å². The molecule has 1 N–H and O–H groups in total. The van der Waals surface area contributed by atoms with Crippen LogP contribution in [0.25, 0.3) is 0 Å². The molecule has 0 saturated carbocycles. The molecule has 0 fully saturated rings. The molecule has 0 bridgehead atoms. The number of nitrogens with one attached hydrogen (secondary N) is 1. The molecule has 0 aliphatic rings. The largest absolute Gasteiger partial charge is 0.342 e. The van der Waals surface area contributed by atoms with Gasteiger partial charge in [-0.1, -0.05) is 42.5 Å². The lowest BCUT2D eigenvalue weighted by molar-refractivity contribution is 0.0912. The monoisotopic (exact) mass is 413 g/mol. The van der Waals surface area contributed by atoms with Crippen LogP contribution in [0.15, 0.2) is 48.5 Å². The van der Waals surface area contributed by atoms with E-state index in [1.165, 1.54) is 0 Å². The van der Waals surface area contributed by atoms with Gasteiger partial charge in [0, 0.05) is 9.45 Å². The third kappa shape index (κ3) is 3.58. The smallest absolute Gasteiger partial charge is 0.253 e. The summed E-state index contributed by atoms with van der Waals surface area (Å²) in [7, 11) is 0. The Bertz CT molecular complexity index is 644. The summed E-state index contributed by atoms with van der Waals surface area (Å²) < 4.78 is 0.970. The number of hydrogen-bond donors (Lipinski definition) is 1. The van der Waals surface area contributed by atoms with Crippen molar-refractivity contribution in [2.75, 3.05) is 5.88 Å². The summed E-state index contributed by atoms with van der Waals surface area (Å²) in [6.07, 6.45) is 0. The lowest BCUT2D eigenvalue weighted by atomic mass is 9.93. The molecule has 1 atom stereocenters. The number of halogens is 2. The summed E-state index contributed by atoms with van der Waals surface area (Å²) in [4.78, 5) is 12.6. The lowest BCUT2D eigenvalue weighted by Gasteiger charge is -2.29. The number of hydrogen-bond acceptors (Lipinski definition) is 1. The van der Waals surface area contributed by atoms with Crippen LogP contribution in [0.3, 0.4) is 0 Å². The van der Waals surface area contributed by atoms with Gasteiger partial charge in [0.1, 0.15) is 0 Å². The molecule has 2 nitrogen and oxygen atoms in total. The molecule has 1 unspecified atom stereocenters. The third-order valence-electron chi connectivity index (χ3n) is 3.50. The molecule has 2 rings (SSSR count). The van der Waals surface area contributed by atoms with E-state index < -0.39 is 5.54 Å². The Morgan fingerprint density at radius 2 is 1.86 bits per heavy atom. The molecule has 0 saturated heterocycles. The normalized spacial score (nSPS) is 13.5. The minimum Gasteiger partial charge on any atom is -0.342 e. The van der Waals surface area contributed by atoms with Gasteiger partial charge in [0.25, 0.3) is 5.91 Å². The second-order valence-corrected chi connectivity index (χ2v) is 6.57. The summed E-state index contributed by atoms with van der Waals surface area (Å²) in [5.41, 5.74) is 2.18. The van der Waals surface area contributed by atoms with Crippen molar-refractivity contribution in [1.82, 2.24) is 5.32 Å². The molecule has 1 amide bonds. The van der Waals surface area contributed by atoms with E-state index in [4.69, 9.17) is 11.6 Å². The number of aryl methyl sites for hydroxylation is 1. The van der Waals surface area contributed by atoms with Gasteiger partial charge in [-0.3, -0.25) is 4.79 Å². The zero-order valence-corrected chi connectivity index (χ0v) is 14.9. The Balaban J connectivity index is 2.30. The van der Waals surface area contributed by atoms with Gasteiger partial charge in [0.05, 0.1) is 11.1 Å². The average molecular weight is 414 g/mol. The Hall–Kier alpha value is -1.07. The predicted octanol–water partition coefficient (Wildman–Crippen LogP) is 4.48. The van der Waals surface area contributed by atoms with Crippen LogP contribution in [0, 0.1) is 10.5 Å². The van der Waals surface area contributed by atoms with Crippen LogP contribution in [-0.4, -0.2) is 11.8 Å². The van der Waals surface area contributed by atoms with Gasteiger partial charge in [0.2, 0.25) is 0 Å². The highest BCUT2D eigenvalue weighted by Gasteiger charge is 2.28. The van der Waals surface area contributed by atoms with Crippen molar-refractivity contribution >= 4 is 40.1 Å². The number of amides is 1. The van der Waals surface area contributed by atoms with E-state index in [9.17, 15) is 4.79 Å². The maximum atomic E-state index is 12.6. The van der Waals surface area contributed by atoms with E-state index in [-0.39, 0.29) is 5.91 Å². The highest BCUT2D eigenvalue weighted by atomic mass is 127. The second kappa shape index (κ2) is 6.79. The molecule has 0 heterocycles. The second-order valence-electron chi connectivity index (χ2n) is 5.22. The minimum absolute atomic E-state index is 0.102. The molecule has 0 aliphatic heterocycles. The van der Waals surface area contributed by atoms with Gasteiger partial charge in [-0.15, -0.1) is 11.6 Å². The first-order chi connectivity index (χ1) is 9.98. The van der Waals surface area contributed by atoms with Crippen LogP contribution in [0.5, 0.6) is 0 Å². The molecule has 2 aromatic carbocycles. The van der Waals surface area contributed by atoms with Crippen LogP contribution < -0.4 is 5.32 Å². The Morgan fingerprint density at radius 3 is 2.48 bits per heavy atom. The Morgan fingerprint density at radius 1 is 1.19 bits per heavy atom. The number of carbonyl (C=O) groups is 1. The van der Waals surface area contributed by atoms with E-state index in [0.29, 0.717) is 11.4 Å². The fourth-order valence-electron chi connectivity index (χ4n) is 2.13. The molecule has 0 spiro atoms. The Labute approximate surface area is 144 Å². The van der Waals surface area contributed by atoms with E-state index in [1.807, 2.05) is 62.4 Å². The topological polar surface area (TPSA) is 29.1 Å².